The molecule has 0 unspecified atom stereocenters. The number of fused-ring (bicyclic) bond motifs is 1. The summed E-state index contributed by atoms with van der Waals surface area (Å²) in [5.41, 5.74) is 4.19. The number of hydrogen-bond donors (Lipinski definition) is 1. The Balaban J connectivity index is 2.09. The lowest BCUT2D eigenvalue weighted by atomic mass is 10.1. The molecular weight excluding hydrogens is 300 g/mol. The summed E-state index contributed by atoms with van der Waals surface area (Å²) >= 11 is 0. The van der Waals surface area contributed by atoms with Crippen molar-refractivity contribution < 1.29 is 4.42 Å². The minimum absolute atomic E-state index is 0.847. The average Bonchev–Trinajstić information content (AvgIpc) is 2.99. The molecule has 1 aromatic carbocycles. The van der Waals surface area contributed by atoms with Gasteiger partial charge in [0.2, 0.25) is 0 Å². The van der Waals surface area contributed by atoms with Crippen molar-refractivity contribution in [2.45, 2.75) is 26.6 Å². The topological polar surface area (TPSA) is 38.1 Å². The van der Waals surface area contributed by atoms with E-state index in [4.69, 9.17) is 9.40 Å². The van der Waals surface area contributed by atoms with Crippen molar-refractivity contribution in [3.05, 3.63) is 65.7 Å². The highest BCUT2D eigenvalue weighted by Crippen LogP contribution is 2.22. The second-order valence-electron chi connectivity index (χ2n) is 6.79. The zero-order chi connectivity index (χ0) is 16.4. The summed E-state index contributed by atoms with van der Waals surface area (Å²) in [6.45, 7) is 8.93. The van der Waals surface area contributed by atoms with Crippen LogP contribution in [0.4, 0.5) is 0 Å². The molecule has 0 aliphatic rings. The molecule has 0 spiro atoms. The van der Waals surface area contributed by atoms with E-state index in [1.165, 1.54) is 10.9 Å². The first-order valence-electron chi connectivity index (χ1n) is 7.82. The zero-order valence-corrected chi connectivity index (χ0v) is 15.1. The van der Waals surface area contributed by atoms with Gasteiger partial charge in [0.1, 0.15) is 14.0 Å². The maximum absolute atomic E-state index is 5.60. The SMILES string of the molecule is Cc1cc(/C=C(\N[Si](C)(C)C)c2ccco2)nc2ccccc12. The summed E-state index contributed by atoms with van der Waals surface area (Å²) in [5.74, 6) is 0.847. The molecule has 3 rings (SSSR count). The number of hydrogen-bond acceptors (Lipinski definition) is 3. The summed E-state index contributed by atoms with van der Waals surface area (Å²) in [4.78, 5) is 8.41. The highest BCUT2D eigenvalue weighted by Gasteiger charge is 2.17. The molecule has 0 amide bonds. The number of pyridine rings is 1. The lowest BCUT2D eigenvalue weighted by Gasteiger charge is -2.21. The van der Waals surface area contributed by atoms with E-state index in [1.807, 2.05) is 24.3 Å². The van der Waals surface area contributed by atoms with Gasteiger partial charge in [0, 0.05) is 5.39 Å². The van der Waals surface area contributed by atoms with Crippen molar-refractivity contribution in [3.63, 3.8) is 0 Å². The monoisotopic (exact) mass is 322 g/mol. The van der Waals surface area contributed by atoms with Crippen LogP contribution >= 0.6 is 0 Å². The van der Waals surface area contributed by atoms with E-state index in [-0.39, 0.29) is 0 Å². The molecule has 0 saturated heterocycles. The van der Waals surface area contributed by atoms with Crippen LogP contribution in [-0.2, 0) is 0 Å². The fourth-order valence-electron chi connectivity index (χ4n) is 2.60. The maximum Gasteiger partial charge on any atom is 0.149 e. The third kappa shape index (κ3) is 3.71. The third-order valence-corrected chi connectivity index (χ3v) is 4.55. The number of nitrogens with one attached hydrogen (secondary N) is 1. The second-order valence-corrected chi connectivity index (χ2v) is 11.5. The van der Waals surface area contributed by atoms with Crippen LogP contribution in [0.15, 0.2) is 53.1 Å². The molecule has 0 fully saturated rings. The molecule has 1 N–H and O–H groups in total. The van der Waals surface area contributed by atoms with Crippen molar-refractivity contribution in [2.24, 2.45) is 0 Å². The number of aryl methyl sites for hydroxylation is 1. The summed E-state index contributed by atoms with van der Waals surface area (Å²) in [6.07, 6.45) is 3.78. The van der Waals surface area contributed by atoms with Crippen LogP contribution in [0.25, 0.3) is 22.7 Å². The predicted molar refractivity (Wildman–Crippen MR) is 99.5 cm³/mol. The van der Waals surface area contributed by atoms with E-state index < -0.39 is 8.24 Å². The van der Waals surface area contributed by atoms with Gasteiger partial charge >= 0.3 is 0 Å². The zero-order valence-electron chi connectivity index (χ0n) is 14.1. The van der Waals surface area contributed by atoms with Gasteiger partial charge in [-0.05, 0) is 42.8 Å². The van der Waals surface area contributed by atoms with Crippen LogP contribution in [0.1, 0.15) is 17.0 Å². The molecule has 0 saturated carbocycles. The second kappa shape index (κ2) is 6.05. The van der Waals surface area contributed by atoms with E-state index >= 15 is 0 Å². The number of nitrogens with zero attached hydrogens (tertiary/aromatic N) is 1. The Labute approximate surface area is 138 Å². The fraction of sp³-hybridized carbons (Fsp3) is 0.211. The molecule has 0 aliphatic carbocycles. The highest BCUT2D eigenvalue weighted by molar-refractivity contribution is 6.74. The van der Waals surface area contributed by atoms with Crippen molar-refractivity contribution >= 4 is 30.9 Å². The Morgan fingerprint density at radius 1 is 1.13 bits per heavy atom. The largest absolute Gasteiger partial charge is 0.463 e. The maximum atomic E-state index is 5.60. The van der Waals surface area contributed by atoms with Gasteiger partial charge in [-0.1, -0.05) is 37.8 Å². The minimum Gasteiger partial charge on any atom is -0.463 e. The van der Waals surface area contributed by atoms with Gasteiger partial charge in [-0.15, -0.1) is 0 Å². The van der Waals surface area contributed by atoms with Gasteiger partial charge in [-0.3, -0.25) is 0 Å². The molecule has 4 heteroatoms. The summed E-state index contributed by atoms with van der Waals surface area (Å²) in [6, 6.07) is 14.2. The first-order chi connectivity index (χ1) is 10.9. The Hall–Kier alpha value is -2.33. The number of benzene rings is 1. The van der Waals surface area contributed by atoms with Crippen LogP contribution < -0.4 is 4.98 Å². The smallest absolute Gasteiger partial charge is 0.149 e. The fourth-order valence-corrected chi connectivity index (χ4v) is 3.61. The van der Waals surface area contributed by atoms with Gasteiger partial charge in [-0.2, -0.15) is 0 Å². The summed E-state index contributed by atoms with van der Waals surface area (Å²) in [7, 11) is -1.50. The average molecular weight is 322 g/mol. The van der Waals surface area contributed by atoms with Crippen molar-refractivity contribution in [3.8, 4) is 0 Å². The molecule has 3 aromatic rings. The lowest BCUT2D eigenvalue weighted by molar-refractivity contribution is 0.551. The molecule has 3 nitrogen and oxygen atoms in total. The van der Waals surface area contributed by atoms with E-state index in [0.29, 0.717) is 0 Å². The van der Waals surface area contributed by atoms with Crippen LogP contribution in [0.3, 0.4) is 0 Å². The van der Waals surface area contributed by atoms with E-state index in [2.05, 4.69) is 55.8 Å². The van der Waals surface area contributed by atoms with E-state index in [9.17, 15) is 0 Å². The Bertz CT molecular complexity index is 845. The first kappa shape index (κ1) is 15.6. The molecule has 0 atom stereocenters. The van der Waals surface area contributed by atoms with Crippen molar-refractivity contribution in [2.75, 3.05) is 0 Å². The summed E-state index contributed by atoms with van der Waals surface area (Å²) in [5, 5.41) is 1.20. The molecule has 0 bridgehead atoms. The van der Waals surface area contributed by atoms with Gasteiger partial charge in [0.15, 0.2) is 0 Å². The highest BCUT2D eigenvalue weighted by atomic mass is 28.3. The molecule has 0 aliphatic heterocycles. The molecule has 2 heterocycles. The third-order valence-electron chi connectivity index (χ3n) is 3.53. The van der Waals surface area contributed by atoms with Gasteiger partial charge in [0.25, 0.3) is 0 Å². The van der Waals surface area contributed by atoms with Gasteiger partial charge in [-0.25, -0.2) is 4.98 Å². The minimum atomic E-state index is -1.50. The summed E-state index contributed by atoms with van der Waals surface area (Å²) < 4.78 is 5.60. The molecule has 118 valence electrons. The van der Waals surface area contributed by atoms with Gasteiger partial charge in [0.05, 0.1) is 23.2 Å². The first-order valence-corrected chi connectivity index (χ1v) is 11.3. The van der Waals surface area contributed by atoms with Crippen LogP contribution in [0.5, 0.6) is 0 Å². The molecular formula is C19H22N2OSi. The van der Waals surface area contributed by atoms with Gasteiger partial charge < -0.3 is 9.40 Å². The van der Waals surface area contributed by atoms with Crippen LogP contribution in [-0.4, -0.2) is 13.2 Å². The standard InChI is InChI=1S/C19H22N2OSi/c1-14-12-15(20-17-9-6-5-8-16(14)17)13-18(21-23(2,3)4)19-10-7-11-22-19/h5-13,21H,1-4H3/b18-13-. The number of para-hydroxylation sites is 1. The Kier molecular flexibility index (Phi) is 4.09. The number of furan rings is 1. The van der Waals surface area contributed by atoms with Crippen LogP contribution in [0, 0.1) is 6.92 Å². The molecule has 23 heavy (non-hydrogen) atoms. The Morgan fingerprint density at radius 3 is 2.61 bits per heavy atom. The quantitative estimate of drug-likeness (QED) is 0.682. The normalized spacial score (nSPS) is 12.6. The molecule has 2 aromatic heterocycles. The van der Waals surface area contributed by atoms with E-state index in [0.717, 1.165) is 22.7 Å². The lowest BCUT2D eigenvalue weighted by Crippen LogP contribution is -2.39. The van der Waals surface area contributed by atoms with E-state index in [1.54, 1.807) is 6.26 Å². The predicted octanol–water partition coefficient (Wildman–Crippen LogP) is 5.06. The number of rotatable bonds is 4. The molecule has 0 radical (unpaired) electrons. The Morgan fingerprint density at radius 2 is 1.91 bits per heavy atom. The number of aromatic nitrogens is 1. The van der Waals surface area contributed by atoms with Crippen molar-refractivity contribution in [1.82, 2.24) is 9.97 Å². The van der Waals surface area contributed by atoms with Crippen LogP contribution in [0.2, 0.25) is 19.6 Å². The van der Waals surface area contributed by atoms with Crippen molar-refractivity contribution in [1.29, 1.82) is 0 Å².